The number of esters is 1. The predicted octanol–water partition coefficient (Wildman–Crippen LogP) is 1.84. The van der Waals surface area contributed by atoms with E-state index in [0.717, 1.165) is 0 Å². The fourth-order valence-corrected chi connectivity index (χ4v) is 1.99. The standard InChI is InChI=1S/C15H20N2O5/c1-4-10(2)14(15(19)22-3)16-13(18)9-11-6-5-7-12(8-11)17(20)21/h5-8,10,14H,4,9H2,1-3H3,(H,16,18)/t10-,14-/m0/s1. The monoisotopic (exact) mass is 308 g/mol. The van der Waals surface area contributed by atoms with Gasteiger partial charge in [-0.1, -0.05) is 32.4 Å². The molecular weight excluding hydrogens is 288 g/mol. The number of benzene rings is 1. The Morgan fingerprint density at radius 3 is 2.64 bits per heavy atom. The van der Waals surface area contributed by atoms with Gasteiger partial charge in [-0.25, -0.2) is 4.79 Å². The number of ether oxygens (including phenoxy) is 1. The minimum absolute atomic E-state index is 0.0361. The van der Waals surface area contributed by atoms with Crippen molar-refractivity contribution in [2.24, 2.45) is 5.92 Å². The summed E-state index contributed by atoms with van der Waals surface area (Å²) in [5.74, 6) is -0.945. The maximum Gasteiger partial charge on any atom is 0.328 e. The first-order valence-corrected chi connectivity index (χ1v) is 6.99. The second-order valence-electron chi connectivity index (χ2n) is 5.06. The number of methoxy groups -OCH3 is 1. The van der Waals surface area contributed by atoms with E-state index in [9.17, 15) is 19.7 Å². The van der Waals surface area contributed by atoms with E-state index in [4.69, 9.17) is 4.74 Å². The Morgan fingerprint density at radius 1 is 1.41 bits per heavy atom. The van der Waals surface area contributed by atoms with Crippen molar-refractivity contribution in [1.29, 1.82) is 0 Å². The molecule has 2 atom stereocenters. The second-order valence-corrected chi connectivity index (χ2v) is 5.06. The maximum atomic E-state index is 12.1. The Balaban J connectivity index is 2.77. The van der Waals surface area contributed by atoms with Gasteiger partial charge in [0, 0.05) is 12.1 Å². The Labute approximate surface area is 128 Å². The average molecular weight is 308 g/mol. The molecule has 0 spiro atoms. The van der Waals surface area contributed by atoms with Gasteiger partial charge in [0.15, 0.2) is 0 Å². The maximum absolute atomic E-state index is 12.1. The number of amides is 1. The van der Waals surface area contributed by atoms with Gasteiger partial charge in [0.25, 0.3) is 5.69 Å². The lowest BCUT2D eigenvalue weighted by Crippen LogP contribution is -2.46. The lowest BCUT2D eigenvalue weighted by Gasteiger charge is -2.21. The molecule has 0 aromatic heterocycles. The van der Waals surface area contributed by atoms with Gasteiger partial charge in [-0.3, -0.25) is 14.9 Å². The summed E-state index contributed by atoms with van der Waals surface area (Å²) in [5.41, 5.74) is 0.441. The van der Waals surface area contributed by atoms with Crippen molar-refractivity contribution in [2.75, 3.05) is 7.11 Å². The number of nitrogens with zero attached hydrogens (tertiary/aromatic N) is 1. The van der Waals surface area contributed by atoms with Gasteiger partial charge in [-0.2, -0.15) is 0 Å². The summed E-state index contributed by atoms with van der Waals surface area (Å²) in [5, 5.41) is 13.3. The minimum atomic E-state index is -0.721. The fourth-order valence-electron chi connectivity index (χ4n) is 1.99. The van der Waals surface area contributed by atoms with E-state index < -0.39 is 16.9 Å². The summed E-state index contributed by atoms with van der Waals surface area (Å²) in [6, 6.07) is 5.13. The normalized spacial score (nSPS) is 13.0. The van der Waals surface area contributed by atoms with Crippen LogP contribution in [0.25, 0.3) is 0 Å². The lowest BCUT2D eigenvalue weighted by molar-refractivity contribution is -0.384. The van der Waals surface area contributed by atoms with Crippen molar-refractivity contribution in [3.63, 3.8) is 0 Å². The van der Waals surface area contributed by atoms with Crippen molar-refractivity contribution >= 4 is 17.6 Å². The van der Waals surface area contributed by atoms with Crippen LogP contribution < -0.4 is 5.32 Å². The topological polar surface area (TPSA) is 98.5 Å². The smallest absolute Gasteiger partial charge is 0.328 e. The number of carbonyl (C=O) groups excluding carboxylic acids is 2. The van der Waals surface area contributed by atoms with Gasteiger partial charge in [0.1, 0.15) is 6.04 Å². The van der Waals surface area contributed by atoms with Gasteiger partial charge in [-0.05, 0) is 11.5 Å². The summed E-state index contributed by atoms with van der Waals surface area (Å²) in [4.78, 5) is 34.0. The van der Waals surface area contributed by atoms with Crippen LogP contribution in [0.5, 0.6) is 0 Å². The van der Waals surface area contributed by atoms with Crippen molar-refractivity contribution < 1.29 is 19.2 Å². The predicted molar refractivity (Wildman–Crippen MR) is 80.2 cm³/mol. The third-order valence-electron chi connectivity index (χ3n) is 3.47. The van der Waals surface area contributed by atoms with Gasteiger partial charge in [0.2, 0.25) is 5.91 Å². The highest BCUT2D eigenvalue weighted by atomic mass is 16.6. The third kappa shape index (κ3) is 4.83. The highest BCUT2D eigenvalue weighted by molar-refractivity contribution is 5.85. The van der Waals surface area contributed by atoms with Crippen LogP contribution in [0.4, 0.5) is 5.69 Å². The van der Waals surface area contributed by atoms with Gasteiger partial charge in [0.05, 0.1) is 18.5 Å². The van der Waals surface area contributed by atoms with Crippen LogP contribution in [0.3, 0.4) is 0 Å². The molecule has 0 radical (unpaired) electrons. The number of hydrogen-bond donors (Lipinski definition) is 1. The molecule has 1 N–H and O–H groups in total. The number of nitro benzene ring substituents is 1. The largest absolute Gasteiger partial charge is 0.467 e. The van der Waals surface area contributed by atoms with Crippen molar-refractivity contribution in [3.05, 3.63) is 39.9 Å². The SMILES string of the molecule is CC[C@H](C)[C@H](NC(=O)Cc1cccc([N+](=O)[O-])c1)C(=O)OC. The quantitative estimate of drug-likeness (QED) is 0.471. The van der Waals surface area contributed by atoms with Crippen LogP contribution in [0.15, 0.2) is 24.3 Å². The summed E-state index contributed by atoms with van der Waals surface area (Å²) in [7, 11) is 1.27. The average Bonchev–Trinajstić information content (AvgIpc) is 2.51. The van der Waals surface area contributed by atoms with Crippen LogP contribution in [0, 0.1) is 16.0 Å². The highest BCUT2D eigenvalue weighted by Gasteiger charge is 2.26. The van der Waals surface area contributed by atoms with Crippen molar-refractivity contribution in [3.8, 4) is 0 Å². The number of carbonyl (C=O) groups is 2. The molecule has 1 amide bonds. The van der Waals surface area contributed by atoms with Crippen LogP contribution >= 0.6 is 0 Å². The number of rotatable bonds is 7. The molecule has 7 nitrogen and oxygen atoms in total. The van der Waals surface area contributed by atoms with Gasteiger partial charge >= 0.3 is 5.97 Å². The summed E-state index contributed by atoms with van der Waals surface area (Å²) >= 11 is 0. The molecule has 0 unspecified atom stereocenters. The zero-order valence-corrected chi connectivity index (χ0v) is 12.9. The van der Waals surface area contributed by atoms with E-state index in [1.165, 1.54) is 25.3 Å². The number of hydrogen-bond acceptors (Lipinski definition) is 5. The lowest BCUT2D eigenvalue weighted by atomic mass is 9.99. The van der Waals surface area contributed by atoms with Crippen LogP contribution in [-0.2, 0) is 20.7 Å². The zero-order chi connectivity index (χ0) is 16.7. The van der Waals surface area contributed by atoms with E-state index in [1.807, 2.05) is 13.8 Å². The van der Waals surface area contributed by atoms with E-state index in [0.29, 0.717) is 12.0 Å². The first-order chi connectivity index (χ1) is 10.4. The third-order valence-corrected chi connectivity index (χ3v) is 3.47. The molecule has 0 heterocycles. The molecular formula is C15H20N2O5. The van der Waals surface area contributed by atoms with Crippen LogP contribution in [0.2, 0.25) is 0 Å². The Bertz CT molecular complexity index is 559. The Kier molecular flexibility index (Phi) is 6.49. The summed E-state index contributed by atoms with van der Waals surface area (Å²) in [6.07, 6.45) is 0.669. The molecule has 0 fully saturated rings. The minimum Gasteiger partial charge on any atom is -0.467 e. The molecule has 0 aliphatic rings. The van der Waals surface area contributed by atoms with Gasteiger partial charge < -0.3 is 10.1 Å². The first-order valence-electron chi connectivity index (χ1n) is 6.99. The molecule has 0 aliphatic carbocycles. The zero-order valence-electron chi connectivity index (χ0n) is 12.9. The Morgan fingerprint density at radius 2 is 2.09 bits per heavy atom. The van der Waals surface area contributed by atoms with E-state index in [2.05, 4.69) is 5.32 Å². The van der Waals surface area contributed by atoms with Crippen LogP contribution in [-0.4, -0.2) is 30.0 Å². The van der Waals surface area contributed by atoms with Crippen molar-refractivity contribution in [1.82, 2.24) is 5.32 Å². The van der Waals surface area contributed by atoms with E-state index >= 15 is 0 Å². The molecule has 1 aromatic rings. The molecule has 22 heavy (non-hydrogen) atoms. The van der Waals surface area contributed by atoms with Gasteiger partial charge in [-0.15, -0.1) is 0 Å². The molecule has 0 bridgehead atoms. The summed E-state index contributed by atoms with van der Waals surface area (Å²) < 4.78 is 4.69. The number of nitro groups is 1. The molecule has 120 valence electrons. The fraction of sp³-hybridized carbons (Fsp3) is 0.467. The molecule has 7 heteroatoms. The second kappa shape index (κ2) is 8.11. The number of nitrogens with one attached hydrogen (secondary N) is 1. The Hall–Kier alpha value is -2.44. The summed E-state index contributed by atoms with van der Waals surface area (Å²) in [6.45, 7) is 3.75. The van der Waals surface area contributed by atoms with E-state index in [-0.39, 0.29) is 23.9 Å². The first kappa shape index (κ1) is 17.6. The molecule has 0 aliphatic heterocycles. The van der Waals surface area contributed by atoms with E-state index in [1.54, 1.807) is 6.07 Å². The molecule has 1 aromatic carbocycles. The van der Waals surface area contributed by atoms with Crippen molar-refractivity contribution in [2.45, 2.75) is 32.7 Å². The molecule has 0 saturated heterocycles. The number of non-ortho nitro benzene ring substituents is 1. The van der Waals surface area contributed by atoms with Crippen LogP contribution in [0.1, 0.15) is 25.8 Å². The molecule has 1 rings (SSSR count). The molecule has 0 saturated carbocycles. The highest BCUT2D eigenvalue weighted by Crippen LogP contribution is 2.14.